The Bertz CT molecular complexity index is 232. The van der Waals surface area contributed by atoms with E-state index in [9.17, 15) is 0 Å². The van der Waals surface area contributed by atoms with E-state index >= 15 is 0 Å². The van der Waals surface area contributed by atoms with Gasteiger partial charge in [-0.3, -0.25) is 0 Å². The number of nitriles is 1. The summed E-state index contributed by atoms with van der Waals surface area (Å²) in [5.74, 6) is 0. The van der Waals surface area contributed by atoms with Crippen LogP contribution in [0.2, 0.25) is 0 Å². The molecule has 0 saturated carbocycles. The fourth-order valence-corrected chi connectivity index (χ4v) is 2.15. The Labute approximate surface area is 99.8 Å². The number of hydrogen-bond donors (Lipinski definition) is 1. The van der Waals surface area contributed by atoms with Crippen molar-refractivity contribution in [2.24, 2.45) is 5.41 Å². The molecular weight excluding hydrogens is 198 g/mol. The molecule has 92 valence electrons. The molecule has 0 aromatic carbocycles. The lowest BCUT2D eigenvalue weighted by molar-refractivity contribution is 0.130. The van der Waals surface area contributed by atoms with Gasteiger partial charge >= 0.3 is 0 Å². The molecule has 1 N–H and O–H groups in total. The summed E-state index contributed by atoms with van der Waals surface area (Å²) < 4.78 is 0. The van der Waals surface area contributed by atoms with E-state index in [2.05, 4.69) is 30.1 Å². The molecule has 1 heterocycles. The minimum Gasteiger partial charge on any atom is -0.303 e. The normalized spacial score (nSPS) is 22.6. The Hall–Kier alpha value is -0.590. The molecule has 0 spiro atoms. The maximum absolute atomic E-state index is 8.94. The maximum atomic E-state index is 8.94. The monoisotopic (exact) mass is 223 g/mol. The highest BCUT2D eigenvalue weighted by atomic mass is 15.1. The molecule has 1 unspecified atom stereocenters. The summed E-state index contributed by atoms with van der Waals surface area (Å²) >= 11 is 0. The lowest BCUT2D eigenvalue weighted by atomic mass is 9.82. The Balaban J connectivity index is 2.22. The highest BCUT2D eigenvalue weighted by Crippen LogP contribution is 2.29. The highest BCUT2D eigenvalue weighted by Gasteiger charge is 2.25. The van der Waals surface area contributed by atoms with Crippen molar-refractivity contribution >= 4 is 0 Å². The smallest absolute Gasteiger partial charge is 0.0965 e. The van der Waals surface area contributed by atoms with Crippen molar-refractivity contribution < 1.29 is 0 Å². The van der Waals surface area contributed by atoms with Gasteiger partial charge in [0.05, 0.1) is 12.1 Å². The molecule has 0 bridgehead atoms. The van der Waals surface area contributed by atoms with E-state index in [-0.39, 0.29) is 6.04 Å². The van der Waals surface area contributed by atoms with Gasteiger partial charge < -0.3 is 10.2 Å². The number of rotatable bonds is 5. The van der Waals surface area contributed by atoms with Crippen LogP contribution in [0.15, 0.2) is 0 Å². The zero-order valence-corrected chi connectivity index (χ0v) is 10.9. The molecule has 1 atom stereocenters. The van der Waals surface area contributed by atoms with Gasteiger partial charge in [-0.2, -0.15) is 5.26 Å². The first-order valence-corrected chi connectivity index (χ1v) is 6.43. The molecule has 1 saturated heterocycles. The van der Waals surface area contributed by atoms with Crippen LogP contribution in [0.3, 0.4) is 0 Å². The predicted molar refractivity (Wildman–Crippen MR) is 67.1 cm³/mol. The molecule has 3 nitrogen and oxygen atoms in total. The van der Waals surface area contributed by atoms with E-state index in [1.54, 1.807) is 0 Å². The zero-order valence-electron chi connectivity index (χ0n) is 10.9. The topological polar surface area (TPSA) is 39.1 Å². The molecule has 3 heteroatoms. The van der Waals surface area contributed by atoms with Crippen molar-refractivity contribution in [3.8, 4) is 6.07 Å². The standard InChI is InChI=1S/C13H25N3/c1-4-15-12(11-14)5-8-16-9-6-13(2,3)7-10-16/h12,15H,4-10H2,1-3H3. The number of hydrogen-bond acceptors (Lipinski definition) is 3. The van der Waals surface area contributed by atoms with Crippen LogP contribution in [-0.2, 0) is 0 Å². The summed E-state index contributed by atoms with van der Waals surface area (Å²) in [4.78, 5) is 2.49. The van der Waals surface area contributed by atoms with Gasteiger partial charge in [0.1, 0.15) is 0 Å². The van der Waals surface area contributed by atoms with Gasteiger partial charge in [0.25, 0.3) is 0 Å². The van der Waals surface area contributed by atoms with Gasteiger partial charge in [-0.05, 0) is 44.3 Å². The van der Waals surface area contributed by atoms with Crippen LogP contribution in [0.5, 0.6) is 0 Å². The Morgan fingerprint density at radius 2 is 2.00 bits per heavy atom. The molecular formula is C13H25N3. The largest absolute Gasteiger partial charge is 0.303 e. The van der Waals surface area contributed by atoms with E-state index < -0.39 is 0 Å². The molecule has 16 heavy (non-hydrogen) atoms. The second-order valence-corrected chi connectivity index (χ2v) is 5.53. The maximum Gasteiger partial charge on any atom is 0.0965 e. The third kappa shape index (κ3) is 4.51. The van der Waals surface area contributed by atoms with Gasteiger partial charge in [-0.25, -0.2) is 0 Å². The van der Waals surface area contributed by atoms with Crippen molar-refractivity contribution in [1.29, 1.82) is 5.26 Å². The van der Waals surface area contributed by atoms with Crippen molar-refractivity contribution in [1.82, 2.24) is 10.2 Å². The van der Waals surface area contributed by atoms with Crippen LogP contribution in [0.1, 0.15) is 40.0 Å². The first kappa shape index (κ1) is 13.5. The van der Waals surface area contributed by atoms with Crippen LogP contribution in [0, 0.1) is 16.7 Å². The van der Waals surface area contributed by atoms with Gasteiger partial charge in [-0.15, -0.1) is 0 Å². The average Bonchev–Trinajstić information content (AvgIpc) is 2.26. The summed E-state index contributed by atoms with van der Waals surface area (Å²) in [6.45, 7) is 11.1. The van der Waals surface area contributed by atoms with Crippen LogP contribution < -0.4 is 5.32 Å². The minimum absolute atomic E-state index is 0.0277. The second kappa shape index (κ2) is 6.22. The molecule has 0 aromatic heterocycles. The van der Waals surface area contributed by atoms with Crippen LogP contribution >= 0.6 is 0 Å². The van der Waals surface area contributed by atoms with Gasteiger partial charge in [-0.1, -0.05) is 20.8 Å². The number of likely N-dealkylation sites (tertiary alicyclic amines) is 1. The van der Waals surface area contributed by atoms with Crippen LogP contribution in [0.4, 0.5) is 0 Å². The summed E-state index contributed by atoms with van der Waals surface area (Å²) in [5.41, 5.74) is 0.521. The van der Waals surface area contributed by atoms with E-state index in [0.717, 1.165) is 19.5 Å². The molecule has 0 aliphatic carbocycles. The third-order valence-corrected chi connectivity index (χ3v) is 3.55. The van der Waals surface area contributed by atoms with Gasteiger partial charge in [0.15, 0.2) is 0 Å². The fraction of sp³-hybridized carbons (Fsp3) is 0.923. The van der Waals surface area contributed by atoms with Crippen molar-refractivity contribution in [2.75, 3.05) is 26.2 Å². The van der Waals surface area contributed by atoms with Gasteiger partial charge in [0, 0.05) is 6.54 Å². The van der Waals surface area contributed by atoms with E-state index in [0.29, 0.717) is 5.41 Å². The molecule has 0 aromatic rings. The van der Waals surface area contributed by atoms with Crippen molar-refractivity contribution in [3.05, 3.63) is 0 Å². The van der Waals surface area contributed by atoms with Crippen LogP contribution in [0.25, 0.3) is 0 Å². The third-order valence-electron chi connectivity index (χ3n) is 3.55. The van der Waals surface area contributed by atoms with Crippen molar-refractivity contribution in [2.45, 2.75) is 46.1 Å². The number of piperidine rings is 1. The van der Waals surface area contributed by atoms with E-state index in [4.69, 9.17) is 5.26 Å². The quantitative estimate of drug-likeness (QED) is 0.775. The summed E-state index contributed by atoms with van der Waals surface area (Å²) in [6, 6.07) is 2.35. The second-order valence-electron chi connectivity index (χ2n) is 5.53. The summed E-state index contributed by atoms with van der Waals surface area (Å²) in [7, 11) is 0. The van der Waals surface area contributed by atoms with E-state index in [1.807, 2.05) is 6.92 Å². The Morgan fingerprint density at radius 1 is 1.38 bits per heavy atom. The lowest BCUT2D eigenvalue weighted by Gasteiger charge is -2.37. The molecule has 1 aliphatic heterocycles. The highest BCUT2D eigenvalue weighted by molar-refractivity contribution is 4.90. The molecule has 1 aliphatic rings. The molecule has 0 amide bonds. The first-order chi connectivity index (χ1) is 7.57. The zero-order chi connectivity index (χ0) is 12.0. The minimum atomic E-state index is 0.0277. The van der Waals surface area contributed by atoms with E-state index in [1.165, 1.54) is 25.9 Å². The predicted octanol–water partition coefficient (Wildman–Crippen LogP) is 2.00. The molecule has 1 rings (SSSR count). The van der Waals surface area contributed by atoms with Crippen molar-refractivity contribution in [3.63, 3.8) is 0 Å². The van der Waals surface area contributed by atoms with Gasteiger partial charge in [0.2, 0.25) is 0 Å². The lowest BCUT2D eigenvalue weighted by Crippen LogP contribution is -2.40. The molecule has 1 fully saturated rings. The first-order valence-electron chi connectivity index (χ1n) is 6.43. The Morgan fingerprint density at radius 3 is 2.50 bits per heavy atom. The SMILES string of the molecule is CCNC(C#N)CCN1CCC(C)(C)CC1. The molecule has 0 radical (unpaired) electrons. The summed E-state index contributed by atoms with van der Waals surface area (Å²) in [5, 5.41) is 12.1. The fourth-order valence-electron chi connectivity index (χ4n) is 2.15. The summed E-state index contributed by atoms with van der Waals surface area (Å²) in [6.07, 6.45) is 3.52. The number of nitrogens with one attached hydrogen (secondary N) is 1. The van der Waals surface area contributed by atoms with Crippen LogP contribution in [-0.4, -0.2) is 37.1 Å². The Kier molecular flexibility index (Phi) is 5.24. The average molecular weight is 223 g/mol. The number of nitrogens with zero attached hydrogens (tertiary/aromatic N) is 2.